The summed E-state index contributed by atoms with van der Waals surface area (Å²) in [6.45, 7) is 1.61. The average Bonchev–Trinajstić information content (AvgIpc) is 2.77. The molecule has 1 aliphatic rings. The fraction of sp³-hybridized carbons (Fsp3) is 0.458. The summed E-state index contributed by atoms with van der Waals surface area (Å²) in [5.74, 6) is -0.774. The van der Waals surface area contributed by atoms with Crippen molar-refractivity contribution < 1.29 is 31.5 Å². The summed E-state index contributed by atoms with van der Waals surface area (Å²) in [7, 11) is -3.73. The Kier molecular flexibility index (Phi) is 7.84. The van der Waals surface area contributed by atoms with Crippen LogP contribution in [-0.2, 0) is 20.8 Å². The lowest BCUT2D eigenvalue weighted by molar-refractivity contribution is -0.137. The van der Waals surface area contributed by atoms with Gasteiger partial charge in [0, 0.05) is 5.92 Å². The molecule has 3 rings (SSSR count). The van der Waals surface area contributed by atoms with E-state index in [-0.39, 0.29) is 28.4 Å². The van der Waals surface area contributed by atoms with E-state index in [1.807, 2.05) is 30.3 Å². The highest BCUT2D eigenvalue weighted by Gasteiger charge is 2.33. The molecule has 5 nitrogen and oxygen atoms in total. The molecule has 1 saturated carbocycles. The van der Waals surface area contributed by atoms with Crippen LogP contribution in [0.3, 0.4) is 0 Å². The first-order valence-corrected chi connectivity index (χ1v) is 12.6. The second-order valence-corrected chi connectivity index (χ2v) is 10.7. The van der Waals surface area contributed by atoms with Crippen molar-refractivity contribution in [2.24, 2.45) is 11.8 Å². The molecule has 2 aromatic carbocycles. The van der Waals surface area contributed by atoms with Crippen molar-refractivity contribution in [2.75, 3.05) is 5.75 Å². The summed E-state index contributed by atoms with van der Waals surface area (Å²) in [5.41, 5.74) is -0.0869. The van der Waals surface area contributed by atoms with Gasteiger partial charge in [0.25, 0.3) is 0 Å². The number of aliphatic hydroxyl groups is 1. The largest absolute Gasteiger partial charge is 0.416 e. The minimum absolute atomic E-state index is 0.127. The molecule has 0 unspecified atom stereocenters. The molecule has 0 aliphatic heterocycles. The van der Waals surface area contributed by atoms with Crippen molar-refractivity contribution in [3.8, 4) is 0 Å². The van der Waals surface area contributed by atoms with Gasteiger partial charge in [-0.3, -0.25) is 4.79 Å². The van der Waals surface area contributed by atoms with Crippen molar-refractivity contribution >= 4 is 15.7 Å². The maximum absolute atomic E-state index is 12.8. The van der Waals surface area contributed by atoms with Gasteiger partial charge in [0.2, 0.25) is 5.91 Å². The van der Waals surface area contributed by atoms with E-state index < -0.39 is 33.7 Å². The van der Waals surface area contributed by atoms with Crippen LogP contribution in [0.2, 0.25) is 0 Å². The molecule has 0 saturated heterocycles. The molecule has 0 radical (unpaired) electrons. The van der Waals surface area contributed by atoms with E-state index in [4.69, 9.17) is 0 Å². The normalized spacial score (nSPS) is 21.2. The van der Waals surface area contributed by atoms with E-state index in [0.29, 0.717) is 25.7 Å². The predicted molar refractivity (Wildman–Crippen MR) is 118 cm³/mol. The molecular weight excluding hydrogens is 455 g/mol. The van der Waals surface area contributed by atoms with E-state index in [0.717, 1.165) is 29.8 Å². The number of sulfone groups is 1. The fourth-order valence-electron chi connectivity index (χ4n) is 4.26. The highest BCUT2D eigenvalue weighted by Crippen LogP contribution is 2.33. The third kappa shape index (κ3) is 6.57. The Labute approximate surface area is 191 Å². The molecule has 1 aliphatic carbocycles. The Balaban J connectivity index is 1.56. The number of rotatable bonds is 7. The van der Waals surface area contributed by atoms with Gasteiger partial charge in [0.1, 0.15) is 0 Å². The molecule has 0 spiro atoms. The van der Waals surface area contributed by atoms with E-state index in [9.17, 15) is 31.5 Å². The first kappa shape index (κ1) is 25.2. The Morgan fingerprint density at radius 2 is 1.61 bits per heavy atom. The van der Waals surface area contributed by atoms with Gasteiger partial charge < -0.3 is 10.4 Å². The summed E-state index contributed by atoms with van der Waals surface area (Å²) in [6.07, 6.45) is -3.21. The summed E-state index contributed by atoms with van der Waals surface area (Å²) in [4.78, 5) is 12.7. The minimum atomic E-state index is -4.52. The van der Waals surface area contributed by atoms with Gasteiger partial charge in [-0.2, -0.15) is 13.2 Å². The van der Waals surface area contributed by atoms with Crippen molar-refractivity contribution in [3.05, 3.63) is 65.7 Å². The van der Waals surface area contributed by atoms with Crippen molar-refractivity contribution in [3.63, 3.8) is 0 Å². The zero-order valence-corrected chi connectivity index (χ0v) is 19.1. The second kappa shape index (κ2) is 10.3. The highest BCUT2D eigenvalue weighted by molar-refractivity contribution is 7.91. The molecule has 1 amide bonds. The van der Waals surface area contributed by atoms with Crippen LogP contribution in [0.15, 0.2) is 59.5 Å². The van der Waals surface area contributed by atoms with Gasteiger partial charge in [0.05, 0.1) is 28.4 Å². The molecule has 0 aromatic heterocycles. The maximum atomic E-state index is 12.8. The molecule has 0 heterocycles. The average molecular weight is 484 g/mol. The van der Waals surface area contributed by atoms with Gasteiger partial charge in [-0.25, -0.2) is 8.42 Å². The number of aliphatic hydroxyl groups excluding tert-OH is 1. The van der Waals surface area contributed by atoms with Crippen LogP contribution in [0.5, 0.6) is 0 Å². The topological polar surface area (TPSA) is 83.5 Å². The monoisotopic (exact) mass is 483 g/mol. The van der Waals surface area contributed by atoms with Crippen molar-refractivity contribution in [1.82, 2.24) is 5.32 Å². The number of benzene rings is 2. The number of alkyl halides is 3. The lowest BCUT2D eigenvalue weighted by Crippen LogP contribution is -2.40. The number of hydrogen-bond acceptors (Lipinski definition) is 4. The van der Waals surface area contributed by atoms with E-state index in [2.05, 4.69) is 5.32 Å². The van der Waals surface area contributed by atoms with Crippen LogP contribution >= 0.6 is 0 Å². The zero-order chi connectivity index (χ0) is 24.2. The first-order valence-electron chi connectivity index (χ1n) is 10.9. The van der Waals surface area contributed by atoms with Crippen LogP contribution in [0.25, 0.3) is 0 Å². The molecule has 2 aromatic rings. The molecule has 1 fully saturated rings. The lowest BCUT2D eigenvalue weighted by atomic mass is 9.82. The van der Waals surface area contributed by atoms with E-state index >= 15 is 0 Å². The smallest absolute Gasteiger partial charge is 0.391 e. The van der Waals surface area contributed by atoms with Crippen molar-refractivity contribution in [2.45, 2.75) is 55.8 Å². The number of carbonyl (C=O) groups excluding carboxylic acids is 1. The summed E-state index contributed by atoms with van der Waals surface area (Å²) >= 11 is 0. The Morgan fingerprint density at radius 1 is 1.03 bits per heavy atom. The molecule has 2 atom stereocenters. The first-order chi connectivity index (χ1) is 15.5. The predicted octanol–water partition coefficient (Wildman–Crippen LogP) is 4.52. The van der Waals surface area contributed by atoms with Crippen molar-refractivity contribution in [1.29, 1.82) is 0 Å². The van der Waals surface area contributed by atoms with Crippen LogP contribution in [0.4, 0.5) is 13.2 Å². The number of halogens is 3. The molecule has 9 heteroatoms. The van der Waals surface area contributed by atoms with Crippen LogP contribution in [-0.4, -0.2) is 31.3 Å². The SMILES string of the molecule is C[C@H](O)[C@@H](NC(=O)C1CCC(CS(=O)(=O)c2ccc(C(F)(F)F)cc2)CC1)c1ccccc1. The molecule has 180 valence electrons. The van der Waals surface area contributed by atoms with E-state index in [1.165, 1.54) is 0 Å². The molecule has 33 heavy (non-hydrogen) atoms. The zero-order valence-electron chi connectivity index (χ0n) is 18.3. The fourth-order valence-corrected chi connectivity index (χ4v) is 5.96. The van der Waals surface area contributed by atoms with Crippen LogP contribution < -0.4 is 5.32 Å². The Bertz CT molecular complexity index is 1030. The van der Waals surface area contributed by atoms with Gasteiger partial charge in [0.15, 0.2) is 9.84 Å². The summed E-state index contributed by atoms with van der Waals surface area (Å²) < 4.78 is 63.5. The number of nitrogens with one attached hydrogen (secondary N) is 1. The maximum Gasteiger partial charge on any atom is 0.416 e. The third-order valence-corrected chi connectivity index (χ3v) is 8.05. The van der Waals surface area contributed by atoms with Gasteiger partial charge >= 0.3 is 6.18 Å². The number of hydrogen-bond donors (Lipinski definition) is 2. The van der Waals surface area contributed by atoms with Gasteiger partial charge in [-0.05, 0) is 68.4 Å². The molecule has 2 N–H and O–H groups in total. The van der Waals surface area contributed by atoms with Crippen LogP contribution in [0.1, 0.15) is 49.8 Å². The number of amides is 1. The molecular formula is C24H28F3NO4S. The number of carbonyl (C=O) groups is 1. The molecule has 0 bridgehead atoms. The van der Waals surface area contributed by atoms with Gasteiger partial charge in [-0.15, -0.1) is 0 Å². The standard InChI is InChI=1S/C24H28F3NO4S/c1-16(29)22(18-5-3-2-4-6-18)28-23(30)19-9-7-17(8-10-19)15-33(31,32)21-13-11-20(12-14-21)24(25,26)27/h2-6,11-14,16-17,19,22,29H,7-10,15H2,1H3,(H,28,30)/t16-,17?,19?,22+/m0/s1. The third-order valence-electron chi connectivity index (χ3n) is 6.15. The quantitative estimate of drug-likeness (QED) is 0.607. The summed E-state index contributed by atoms with van der Waals surface area (Å²) in [5, 5.41) is 13.0. The Morgan fingerprint density at radius 3 is 2.12 bits per heavy atom. The Hall–Kier alpha value is -2.39. The second-order valence-electron chi connectivity index (χ2n) is 8.66. The minimum Gasteiger partial charge on any atom is -0.391 e. The lowest BCUT2D eigenvalue weighted by Gasteiger charge is -2.30. The summed E-state index contributed by atoms with van der Waals surface area (Å²) in [6, 6.07) is 12.2. The highest BCUT2D eigenvalue weighted by atomic mass is 32.2. The van der Waals surface area contributed by atoms with Crippen LogP contribution in [0, 0.1) is 11.8 Å². The van der Waals surface area contributed by atoms with E-state index in [1.54, 1.807) is 6.92 Å². The van der Waals surface area contributed by atoms with Gasteiger partial charge in [-0.1, -0.05) is 30.3 Å².